The summed E-state index contributed by atoms with van der Waals surface area (Å²) >= 11 is 1.48. The Balaban J connectivity index is 2.12. The molecule has 0 radical (unpaired) electrons. The molecular weight excluding hydrogens is 184 g/mol. The van der Waals surface area contributed by atoms with Gasteiger partial charge < -0.3 is 4.90 Å². The van der Waals surface area contributed by atoms with E-state index in [1.807, 2.05) is 11.8 Å². The van der Waals surface area contributed by atoms with Crippen molar-refractivity contribution in [2.24, 2.45) is 0 Å². The number of carbonyl (C=O) groups excluding carboxylic acids is 1. The molecule has 1 aliphatic heterocycles. The van der Waals surface area contributed by atoms with E-state index in [-0.39, 0.29) is 5.91 Å². The third-order valence-corrected chi connectivity index (χ3v) is 3.13. The molecule has 0 aromatic carbocycles. The number of carbonyl (C=O) groups is 1. The number of hydrogen-bond donors (Lipinski definition) is 0. The number of rotatable bonds is 1. The molecule has 0 unspecified atom stereocenters. The van der Waals surface area contributed by atoms with E-state index in [0.717, 1.165) is 35.8 Å². The first-order valence-electron chi connectivity index (χ1n) is 4.49. The minimum atomic E-state index is 0.156. The Morgan fingerprint density at radius 3 is 2.77 bits per heavy atom. The number of thiazole rings is 1. The van der Waals surface area contributed by atoms with Crippen LogP contribution in [0.3, 0.4) is 0 Å². The molecule has 2 rings (SSSR count). The van der Waals surface area contributed by atoms with Gasteiger partial charge in [0.25, 0.3) is 5.91 Å². The fourth-order valence-electron chi connectivity index (χ4n) is 1.54. The predicted molar refractivity (Wildman–Crippen MR) is 52.0 cm³/mol. The zero-order valence-electron chi connectivity index (χ0n) is 7.62. The average Bonchev–Trinajstić information content (AvgIpc) is 2.72. The first kappa shape index (κ1) is 8.69. The summed E-state index contributed by atoms with van der Waals surface area (Å²) in [4.78, 5) is 18.5. The second-order valence-electron chi connectivity index (χ2n) is 3.24. The lowest BCUT2D eigenvalue weighted by Gasteiger charge is -2.12. The highest BCUT2D eigenvalue weighted by Gasteiger charge is 2.20. The van der Waals surface area contributed by atoms with Crippen LogP contribution >= 0.6 is 11.3 Å². The van der Waals surface area contributed by atoms with Crippen LogP contribution in [0.5, 0.6) is 0 Å². The van der Waals surface area contributed by atoms with Crippen LogP contribution in [0.1, 0.15) is 27.5 Å². The predicted octanol–water partition coefficient (Wildman–Crippen LogP) is 1.69. The van der Waals surface area contributed by atoms with E-state index < -0.39 is 0 Å². The summed E-state index contributed by atoms with van der Waals surface area (Å²) in [5, 5.41) is 0.961. The minimum Gasteiger partial charge on any atom is -0.338 e. The normalized spacial score (nSPS) is 16.5. The van der Waals surface area contributed by atoms with Crippen molar-refractivity contribution in [1.82, 2.24) is 9.88 Å². The maximum Gasteiger partial charge on any atom is 0.265 e. The summed E-state index contributed by atoms with van der Waals surface area (Å²) in [5.74, 6) is 0.156. The molecule has 0 bridgehead atoms. The molecule has 0 atom stereocenters. The molecule has 4 heteroatoms. The van der Waals surface area contributed by atoms with Crippen LogP contribution in [0.2, 0.25) is 0 Å². The standard InChI is InChI=1S/C9H12N2OS/c1-7-10-6-8(13-7)9(12)11-4-2-3-5-11/h6H,2-5H2,1H3. The fraction of sp³-hybridized carbons (Fsp3) is 0.556. The number of hydrogen-bond acceptors (Lipinski definition) is 3. The van der Waals surface area contributed by atoms with Gasteiger partial charge in [0.05, 0.1) is 11.2 Å². The average molecular weight is 196 g/mol. The Labute approximate surface area is 81.4 Å². The van der Waals surface area contributed by atoms with Gasteiger partial charge in [-0.25, -0.2) is 4.98 Å². The second-order valence-corrected chi connectivity index (χ2v) is 4.48. The molecule has 70 valence electrons. The summed E-state index contributed by atoms with van der Waals surface area (Å²) in [6.07, 6.45) is 3.97. The molecule has 13 heavy (non-hydrogen) atoms. The number of aromatic nitrogens is 1. The maximum absolute atomic E-state index is 11.8. The van der Waals surface area contributed by atoms with Gasteiger partial charge in [0, 0.05) is 13.1 Å². The van der Waals surface area contributed by atoms with Crippen LogP contribution in [-0.4, -0.2) is 28.9 Å². The van der Waals surface area contributed by atoms with Crippen molar-refractivity contribution in [3.63, 3.8) is 0 Å². The maximum atomic E-state index is 11.8. The van der Waals surface area contributed by atoms with Crippen LogP contribution in [0.4, 0.5) is 0 Å². The molecule has 0 aliphatic carbocycles. The highest BCUT2D eigenvalue weighted by Crippen LogP contribution is 2.17. The van der Waals surface area contributed by atoms with Crippen molar-refractivity contribution in [3.05, 3.63) is 16.1 Å². The van der Waals surface area contributed by atoms with Crippen LogP contribution in [-0.2, 0) is 0 Å². The number of amides is 1. The molecule has 0 saturated carbocycles. The second kappa shape index (κ2) is 3.46. The molecule has 1 saturated heterocycles. The van der Waals surface area contributed by atoms with Gasteiger partial charge in [0.2, 0.25) is 0 Å². The van der Waals surface area contributed by atoms with Gasteiger partial charge in [0.1, 0.15) is 4.88 Å². The van der Waals surface area contributed by atoms with Gasteiger partial charge in [-0.2, -0.15) is 0 Å². The molecule has 0 N–H and O–H groups in total. The first-order chi connectivity index (χ1) is 6.27. The summed E-state index contributed by atoms with van der Waals surface area (Å²) in [6.45, 7) is 3.75. The molecule has 1 amide bonds. The Morgan fingerprint density at radius 1 is 1.54 bits per heavy atom. The van der Waals surface area contributed by atoms with E-state index >= 15 is 0 Å². The smallest absolute Gasteiger partial charge is 0.265 e. The Bertz CT molecular complexity index is 315. The van der Waals surface area contributed by atoms with Gasteiger partial charge >= 0.3 is 0 Å². The molecule has 1 fully saturated rings. The molecular formula is C9H12N2OS. The van der Waals surface area contributed by atoms with E-state index in [0.29, 0.717) is 0 Å². The largest absolute Gasteiger partial charge is 0.338 e. The summed E-state index contributed by atoms with van der Waals surface area (Å²) in [5.41, 5.74) is 0. The van der Waals surface area contributed by atoms with Crippen LogP contribution in [0, 0.1) is 6.92 Å². The number of nitrogens with zero attached hydrogens (tertiary/aromatic N) is 2. The Kier molecular flexibility index (Phi) is 2.31. The molecule has 0 spiro atoms. The summed E-state index contributed by atoms with van der Waals surface area (Å²) in [7, 11) is 0. The lowest BCUT2D eigenvalue weighted by atomic mass is 10.4. The van der Waals surface area contributed by atoms with Gasteiger partial charge in [-0.1, -0.05) is 0 Å². The molecule has 1 aliphatic rings. The SMILES string of the molecule is Cc1ncc(C(=O)N2CCCC2)s1. The highest BCUT2D eigenvalue weighted by molar-refractivity contribution is 7.13. The summed E-state index contributed by atoms with van der Waals surface area (Å²) < 4.78 is 0. The monoisotopic (exact) mass is 196 g/mol. The van der Waals surface area contributed by atoms with E-state index in [2.05, 4.69) is 4.98 Å². The summed E-state index contributed by atoms with van der Waals surface area (Å²) in [6, 6.07) is 0. The van der Waals surface area contributed by atoms with E-state index in [1.54, 1.807) is 6.20 Å². The quantitative estimate of drug-likeness (QED) is 0.684. The lowest BCUT2D eigenvalue weighted by Crippen LogP contribution is -2.26. The van der Waals surface area contributed by atoms with Crippen molar-refractivity contribution in [1.29, 1.82) is 0 Å². The minimum absolute atomic E-state index is 0.156. The van der Waals surface area contributed by atoms with Crippen LogP contribution < -0.4 is 0 Å². The van der Waals surface area contributed by atoms with Crippen molar-refractivity contribution in [2.45, 2.75) is 19.8 Å². The van der Waals surface area contributed by atoms with Gasteiger partial charge in [-0.05, 0) is 19.8 Å². The molecule has 1 aromatic heterocycles. The molecule has 1 aromatic rings. The third-order valence-electron chi connectivity index (χ3n) is 2.23. The lowest BCUT2D eigenvalue weighted by molar-refractivity contribution is 0.0797. The van der Waals surface area contributed by atoms with Crippen LogP contribution in [0.25, 0.3) is 0 Å². The topological polar surface area (TPSA) is 33.2 Å². The van der Waals surface area contributed by atoms with E-state index in [9.17, 15) is 4.79 Å². The first-order valence-corrected chi connectivity index (χ1v) is 5.31. The van der Waals surface area contributed by atoms with Crippen molar-refractivity contribution in [3.8, 4) is 0 Å². The van der Waals surface area contributed by atoms with Gasteiger partial charge in [0.15, 0.2) is 0 Å². The third kappa shape index (κ3) is 1.72. The molecule has 2 heterocycles. The zero-order chi connectivity index (χ0) is 9.26. The van der Waals surface area contributed by atoms with Crippen molar-refractivity contribution in [2.75, 3.05) is 13.1 Å². The van der Waals surface area contributed by atoms with E-state index in [1.165, 1.54) is 11.3 Å². The van der Waals surface area contributed by atoms with Crippen molar-refractivity contribution < 1.29 is 4.79 Å². The van der Waals surface area contributed by atoms with Gasteiger partial charge in [-0.3, -0.25) is 4.79 Å². The zero-order valence-corrected chi connectivity index (χ0v) is 8.43. The number of likely N-dealkylation sites (tertiary alicyclic amines) is 1. The van der Waals surface area contributed by atoms with Gasteiger partial charge in [-0.15, -0.1) is 11.3 Å². The molecule has 3 nitrogen and oxygen atoms in total. The Morgan fingerprint density at radius 2 is 2.23 bits per heavy atom. The number of aryl methyl sites for hydroxylation is 1. The van der Waals surface area contributed by atoms with Crippen molar-refractivity contribution >= 4 is 17.2 Å². The fourth-order valence-corrected chi connectivity index (χ4v) is 2.28. The van der Waals surface area contributed by atoms with E-state index in [4.69, 9.17) is 0 Å². The highest BCUT2D eigenvalue weighted by atomic mass is 32.1. The Hall–Kier alpha value is -0.900. The van der Waals surface area contributed by atoms with Crippen LogP contribution in [0.15, 0.2) is 6.20 Å².